The summed E-state index contributed by atoms with van der Waals surface area (Å²) in [5.74, 6) is 7.43. The minimum absolute atomic E-state index is 0.168. The normalized spacial score (nSPS) is 12.0. The molecule has 0 spiro atoms. The van der Waals surface area contributed by atoms with E-state index in [1.54, 1.807) is 6.07 Å². The van der Waals surface area contributed by atoms with Gasteiger partial charge < -0.3 is 10.7 Å². The van der Waals surface area contributed by atoms with Gasteiger partial charge in [-0.1, -0.05) is 24.3 Å². The molecule has 0 fully saturated rings. The number of rotatable bonds is 4. The zero-order valence-corrected chi connectivity index (χ0v) is 11.4. The average Bonchev–Trinajstić information content (AvgIpc) is 2.38. The van der Waals surface area contributed by atoms with Crippen LogP contribution >= 0.6 is 0 Å². The molecule has 5 heteroatoms. The monoisotopic (exact) mass is 257 g/mol. The second kappa shape index (κ2) is 5.67. The fraction of sp³-hybridized carbons (Fsp3) is 0.286. The minimum atomic E-state index is 0.168. The quantitative estimate of drug-likeness (QED) is 0.579. The molecule has 0 aliphatic heterocycles. The van der Waals surface area contributed by atoms with Crippen LogP contribution in [0.5, 0.6) is 0 Å². The van der Waals surface area contributed by atoms with Crippen molar-refractivity contribution in [3.63, 3.8) is 0 Å². The number of hydrazine groups is 1. The Morgan fingerprint density at radius 3 is 2.47 bits per heavy atom. The van der Waals surface area contributed by atoms with Crippen LogP contribution in [0.15, 0.2) is 30.3 Å². The first-order valence-corrected chi connectivity index (χ1v) is 6.24. The summed E-state index contributed by atoms with van der Waals surface area (Å²) < 4.78 is 0. The molecular formula is C14H19N5. The molecule has 1 aromatic carbocycles. The first-order chi connectivity index (χ1) is 9.10. The van der Waals surface area contributed by atoms with Crippen LogP contribution in [0.3, 0.4) is 0 Å². The molecule has 5 nitrogen and oxygen atoms in total. The Kier molecular flexibility index (Phi) is 3.97. The minimum Gasteiger partial charge on any atom is -0.363 e. The van der Waals surface area contributed by atoms with Gasteiger partial charge in [0.2, 0.25) is 0 Å². The lowest BCUT2D eigenvalue weighted by Gasteiger charge is -2.17. The van der Waals surface area contributed by atoms with Crippen molar-refractivity contribution in [3.05, 3.63) is 47.3 Å². The second-order valence-corrected chi connectivity index (χ2v) is 4.55. The van der Waals surface area contributed by atoms with Crippen LogP contribution in [0.25, 0.3) is 0 Å². The Labute approximate surface area is 113 Å². The number of aromatic nitrogens is 2. The molecule has 19 heavy (non-hydrogen) atoms. The van der Waals surface area contributed by atoms with Gasteiger partial charge in [0, 0.05) is 6.07 Å². The molecule has 100 valence electrons. The fourth-order valence-corrected chi connectivity index (χ4v) is 2.09. The lowest BCUT2D eigenvalue weighted by atomic mass is 10.0. The Balaban J connectivity index is 2.21. The first-order valence-electron chi connectivity index (χ1n) is 6.24. The van der Waals surface area contributed by atoms with E-state index in [4.69, 9.17) is 5.84 Å². The van der Waals surface area contributed by atoms with Crippen molar-refractivity contribution >= 4 is 11.6 Å². The summed E-state index contributed by atoms with van der Waals surface area (Å²) in [5.41, 5.74) is 5.05. The van der Waals surface area contributed by atoms with Crippen molar-refractivity contribution in [1.82, 2.24) is 9.97 Å². The summed E-state index contributed by atoms with van der Waals surface area (Å²) in [6, 6.07) is 10.3. The maximum Gasteiger partial charge on any atom is 0.145 e. The largest absolute Gasteiger partial charge is 0.363 e. The molecule has 0 saturated carbocycles. The number of anilines is 2. The third-order valence-corrected chi connectivity index (χ3v) is 3.01. The molecular weight excluding hydrogens is 238 g/mol. The van der Waals surface area contributed by atoms with Gasteiger partial charge in [-0.2, -0.15) is 0 Å². The van der Waals surface area contributed by atoms with E-state index in [2.05, 4.69) is 46.7 Å². The van der Waals surface area contributed by atoms with Crippen molar-refractivity contribution in [3.8, 4) is 0 Å². The number of nitrogen functional groups attached to an aromatic ring is 1. The molecule has 1 unspecified atom stereocenters. The molecule has 0 aliphatic carbocycles. The summed E-state index contributed by atoms with van der Waals surface area (Å²) in [6.07, 6.45) is 0. The van der Waals surface area contributed by atoms with E-state index in [1.165, 1.54) is 11.1 Å². The van der Waals surface area contributed by atoms with Crippen LogP contribution in [-0.4, -0.2) is 9.97 Å². The van der Waals surface area contributed by atoms with E-state index in [1.807, 2.05) is 19.1 Å². The van der Waals surface area contributed by atoms with Crippen molar-refractivity contribution in [2.24, 2.45) is 5.84 Å². The summed E-state index contributed by atoms with van der Waals surface area (Å²) >= 11 is 0. The summed E-state index contributed by atoms with van der Waals surface area (Å²) in [6.45, 7) is 6.05. The molecule has 2 rings (SSSR count). The molecule has 2 aromatic rings. The third-order valence-electron chi connectivity index (χ3n) is 3.01. The topological polar surface area (TPSA) is 75.9 Å². The van der Waals surface area contributed by atoms with Gasteiger partial charge in [0.15, 0.2) is 0 Å². The Morgan fingerprint density at radius 1 is 1.11 bits per heavy atom. The number of hydrogen-bond acceptors (Lipinski definition) is 5. The Hall–Kier alpha value is -2.14. The Bertz CT molecular complexity index is 568. The molecule has 1 heterocycles. The molecule has 0 saturated heterocycles. The van der Waals surface area contributed by atoms with Gasteiger partial charge in [-0.15, -0.1) is 0 Å². The van der Waals surface area contributed by atoms with E-state index in [0.29, 0.717) is 11.6 Å². The maximum atomic E-state index is 5.39. The van der Waals surface area contributed by atoms with Gasteiger partial charge in [-0.25, -0.2) is 15.8 Å². The van der Waals surface area contributed by atoms with Crippen LogP contribution in [0, 0.1) is 13.8 Å². The molecule has 0 bridgehead atoms. The maximum absolute atomic E-state index is 5.39. The Morgan fingerprint density at radius 2 is 1.79 bits per heavy atom. The average molecular weight is 257 g/mol. The number of hydrogen-bond donors (Lipinski definition) is 3. The highest BCUT2D eigenvalue weighted by atomic mass is 15.3. The highest BCUT2D eigenvalue weighted by Gasteiger charge is 2.09. The van der Waals surface area contributed by atoms with Crippen LogP contribution in [0.2, 0.25) is 0 Å². The van der Waals surface area contributed by atoms with Gasteiger partial charge in [0.1, 0.15) is 17.5 Å². The van der Waals surface area contributed by atoms with Crippen LogP contribution < -0.4 is 16.6 Å². The van der Waals surface area contributed by atoms with Crippen LogP contribution in [-0.2, 0) is 0 Å². The highest BCUT2D eigenvalue weighted by molar-refractivity contribution is 5.48. The van der Waals surface area contributed by atoms with Gasteiger partial charge >= 0.3 is 0 Å². The zero-order chi connectivity index (χ0) is 13.8. The SMILES string of the molecule is Cc1nc(NN)cc(NC(C)c2ccccc2C)n1. The second-order valence-electron chi connectivity index (χ2n) is 4.55. The highest BCUT2D eigenvalue weighted by Crippen LogP contribution is 2.21. The van der Waals surface area contributed by atoms with Crippen LogP contribution in [0.1, 0.15) is 29.9 Å². The molecule has 4 N–H and O–H groups in total. The standard InChI is InChI=1S/C14H19N5/c1-9-6-4-5-7-12(9)10(2)16-13-8-14(19-15)18-11(3)17-13/h4-8,10H,15H2,1-3H3,(H2,16,17,18,19). The van der Waals surface area contributed by atoms with E-state index >= 15 is 0 Å². The lowest BCUT2D eigenvalue weighted by molar-refractivity contribution is 0.858. The third kappa shape index (κ3) is 3.20. The van der Waals surface area contributed by atoms with Crippen molar-refractivity contribution in [1.29, 1.82) is 0 Å². The summed E-state index contributed by atoms with van der Waals surface area (Å²) in [7, 11) is 0. The lowest BCUT2D eigenvalue weighted by Crippen LogP contribution is -2.13. The summed E-state index contributed by atoms with van der Waals surface area (Å²) in [4.78, 5) is 8.52. The van der Waals surface area contributed by atoms with E-state index in [-0.39, 0.29) is 6.04 Å². The molecule has 0 amide bonds. The number of aryl methyl sites for hydroxylation is 2. The number of benzene rings is 1. The smallest absolute Gasteiger partial charge is 0.145 e. The summed E-state index contributed by atoms with van der Waals surface area (Å²) in [5, 5.41) is 3.37. The number of nitrogens with one attached hydrogen (secondary N) is 2. The van der Waals surface area contributed by atoms with Crippen molar-refractivity contribution in [2.75, 3.05) is 10.7 Å². The van der Waals surface area contributed by atoms with Gasteiger partial charge in [-0.05, 0) is 31.9 Å². The first kappa shape index (κ1) is 13.3. The molecule has 1 aromatic heterocycles. The van der Waals surface area contributed by atoms with Crippen molar-refractivity contribution < 1.29 is 0 Å². The fourth-order valence-electron chi connectivity index (χ4n) is 2.09. The molecule has 0 aliphatic rings. The van der Waals surface area contributed by atoms with Gasteiger partial charge in [-0.3, -0.25) is 0 Å². The molecule has 0 radical (unpaired) electrons. The zero-order valence-electron chi connectivity index (χ0n) is 11.4. The predicted octanol–water partition coefficient (Wildman–Crippen LogP) is 2.55. The number of nitrogens with zero attached hydrogens (tertiary/aromatic N) is 2. The van der Waals surface area contributed by atoms with Gasteiger partial charge in [0.05, 0.1) is 6.04 Å². The predicted molar refractivity (Wildman–Crippen MR) is 77.8 cm³/mol. The van der Waals surface area contributed by atoms with E-state index < -0.39 is 0 Å². The van der Waals surface area contributed by atoms with E-state index in [9.17, 15) is 0 Å². The van der Waals surface area contributed by atoms with Crippen molar-refractivity contribution in [2.45, 2.75) is 26.8 Å². The van der Waals surface area contributed by atoms with Crippen LogP contribution in [0.4, 0.5) is 11.6 Å². The van der Waals surface area contributed by atoms with Gasteiger partial charge in [0.25, 0.3) is 0 Å². The van der Waals surface area contributed by atoms with E-state index in [0.717, 1.165) is 5.82 Å². The molecule has 1 atom stereocenters. The number of nitrogens with two attached hydrogens (primary N) is 1.